The normalized spacial score (nSPS) is 13.5. The smallest absolute Gasteiger partial charge is 0.407 e. The highest BCUT2D eigenvalue weighted by atomic mass is 16.6. The van der Waals surface area contributed by atoms with Gasteiger partial charge in [0.2, 0.25) is 0 Å². The molecule has 1 aliphatic heterocycles. The lowest BCUT2D eigenvalue weighted by Gasteiger charge is -2.19. The summed E-state index contributed by atoms with van der Waals surface area (Å²) in [5, 5.41) is 2.43. The second-order valence-corrected chi connectivity index (χ2v) is 6.39. The number of carbonyl (C=O) groups is 4. The zero-order valence-corrected chi connectivity index (χ0v) is 14.3. The van der Waals surface area contributed by atoms with Crippen molar-refractivity contribution in [1.82, 2.24) is 10.2 Å². The molecule has 0 aliphatic carbocycles. The second kappa shape index (κ2) is 7.33. The summed E-state index contributed by atoms with van der Waals surface area (Å²) >= 11 is 0. The van der Waals surface area contributed by atoms with Crippen LogP contribution in [0.4, 0.5) is 4.79 Å². The average Bonchev–Trinajstić information content (AvgIpc) is 2.75. The van der Waals surface area contributed by atoms with Crippen LogP contribution in [-0.4, -0.2) is 54.1 Å². The third-order valence-corrected chi connectivity index (χ3v) is 3.20. The molecule has 0 atom stereocenters. The lowest BCUT2D eigenvalue weighted by Crippen LogP contribution is -2.37. The minimum Gasteiger partial charge on any atom is -0.462 e. The number of nitrogens with zero attached hydrogens (tertiary/aromatic N) is 1. The number of benzene rings is 1. The fourth-order valence-electron chi connectivity index (χ4n) is 2.19. The topological polar surface area (TPSA) is 102 Å². The van der Waals surface area contributed by atoms with E-state index < -0.39 is 36.0 Å². The molecule has 3 amide bonds. The molecule has 8 heteroatoms. The predicted octanol–water partition coefficient (Wildman–Crippen LogP) is 1.35. The standard InChI is InChI=1S/C17H20N2O6/c1-17(2,3)25-16(23)18-8-9-24-13(20)10-19-14(21)11-6-4-5-7-12(11)15(19)22/h4-7H,8-10H2,1-3H3,(H,18,23). The lowest BCUT2D eigenvalue weighted by molar-refractivity contribution is -0.143. The average molecular weight is 348 g/mol. The molecule has 0 saturated carbocycles. The van der Waals surface area contributed by atoms with E-state index in [1.165, 1.54) is 12.1 Å². The van der Waals surface area contributed by atoms with E-state index in [9.17, 15) is 19.2 Å². The van der Waals surface area contributed by atoms with Gasteiger partial charge in [0.15, 0.2) is 0 Å². The molecule has 0 aromatic heterocycles. The van der Waals surface area contributed by atoms with Crippen LogP contribution in [0.1, 0.15) is 41.5 Å². The number of imide groups is 1. The maximum Gasteiger partial charge on any atom is 0.407 e. The van der Waals surface area contributed by atoms with Crippen LogP contribution in [-0.2, 0) is 14.3 Å². The first-order chi connectivity index (χ1) is 11.7. The van der Waals surface area contributed by atoms with Gasteiger partial charge in [0, 0.05) is 0 Å². The van der Waals surface area contributed by atoms with Gasteiger partial charge in [-0.25, -0.2) is 4.79 Å². The van der Waals surface area contributed by atoms with Gasteiger partial charge in [0.05, 0.1) is 17.7 Å². The summed E-state index contributed by atoms with van der Waals surface area (Å²) in [4.78, 5) is 48.3. The third kappa shape index (κ3) is 4.79. The van der Waals surface area contributed by atoms with Crippen molar-refractivity contribution in [3.05, 3.63) is 35.4 Å². The fourth-order valence-corrected chi connectivity index (χ4v) is 2.19. The number of amides is 3. The summed E-state index contributed by atoms with van der Waals surface area (Å²) < 4.78 is 9.95. The number of carbonyl (C=O) groups excluding carboxylic acids is 4. The number of rotatable bonds is 5. The Morgan fingerprint density at radius 1 is 1.08 bits per heavy atom. The molecule has 2 rings (SSSR count). The molecule has 1 heterocycles. The molecule has 1 aliphatic rings. The summed E-state index contributed by atoms with van der Waals surface area (Å²) in [7, 11) is 0. The van der Waals surface area contributed by atoms with Crippen LogP contribution in [0.3, 0.4) is 0 Å². The van der Waals surface area contributed by atoms with Crippen molar-refractivity contribution in [3.8, 4) is 0 Å². The van der Waals surface area contributed by atoms with E-state index in [4.69, 9.17) is 9.47 Å². The maximum atomic E-state index is 12.1. The minimum absolute atomic E-state index is 0.0583. The van der Waals surface area contributed by atoms with E-state index in [0.29, 0.717) is 0 Å². The van der Waals surface area contributed by atoms with E-state index in [2.05, 4.69) is 5.32 Å². The quantitative estimate of drug-likeness (QED) is 0.490. The van der Waals surface area contributed by atoms with Crippen molar-refractivity contribution >= 4 is 23.9 Å². The molecule has 1 N–H and O–H groups in total. The van der Waals surface area contributed by atoms with Gasteiger partial charge in [0.25, 0.3) is 11.8 Å². The summed E-state index contributed by atoms with van der Waals surface area (Å²) in [6.45, 7) is 4.68. The molecule has 134 valence electrons. The third-order valence-electron chi connectivity index (χ3n) is 3.20. The van der Waals surface area contributed by atoms with E-state index in [0.717, 1.165) is 4.90 Å². The highest BCUT2D eigenvalue weighted by molar-refractivity contribution is 6.22. The van der Waals surface area contributed by atoms with E-state index in [1.54, 1.807) is 32.9 Å². The van der Waals surface area contributed by atoms with Crippen molar-refractivity contribution in [1.29, 1.82) is 0 Å². The molecule has 1 aromatic rings. The van der Waals surface area contributed by atoms with E-state index in [1.807, 2.05) is 0 Å². The Balaban J connectivity index is 1.76. The molecule has 0 unspecified atom stereocenters. The molecule has 0 radical (unpaired) electrons. The monoisotopic (exact) mass is 348 g/mol. The first-order valence-corrected chi connectivity index (χ1v) is 7.77. The molecule has 0 bridgehead atoms. The van der Waals surface area contributed by atoms with Crippen LogP contribution >= 0.6 is 0 Å². The van der Waals surface area contributed by atoms with Crippen molar-refractivity contribution < 1.29 is 28.7 Å². The van der Waals surface area contributed by atoms with Gasteiger partial charge in [0.1, 0.15) is 18.8 Å². The Morgan fingerprint density at radius 3 is 2.16 bits per heavy atom. The molecule has 1 aromatic carbocycles. The highest BCUT2D eigenvalue weighted by Crippen LogP contribution is 2.22. The number of esters is 1. The number of nitrogens with one attached hydrogen (secondary N) is 1. The molecule has 0 fully saturated rings. The van der Waals surface area contributed by atoms with Crippen molar-refractivity contribution in [2.45, 2.75) is 26.4 Å². The predicted molar refractivity (Wildman–Crippen MR) is 87.0 cm³/mol. The van der Waals surface area contributed by atoms with Gasteiger partial charge < -0.3 is 14.8 Å². The number of ether oxygens (including phenoxy) is 2. The first kappa shape index (κ1) is 18.4. The van der Waals surface area contributed by atoms with Crippen LogP contribution in [0.5, 0.6) is 0 Å². The van der Waals surface area contributed by atoms with Gasteiger partial charge in [-0.05, 0) is 32.9 Å². The summed E-state index contributed by atoms with van der Waals surface area (Å²) in [5.41, 5.74) is -0.0783. The van der Waals surface area contributed by atoms with Crippen molar-refractivity contribution in [2.24, 2.45) is 0 Å². The van der Waals surface area contributed by atoms with Crippen molar-refractivity contribution in [3.63, 3.8) is 0 Å². The SMILES string of the molecule is CC(C)(C)OC(=O)NCCOC(=O)CN1C(=O)c2ccccc2C1=O. The minimum atomic E-state index is -0.736. The Morgan fingerprint density at radius 2 is 1.64 bits per heavy atom. The zero-order valence-electron chi connectivity index (χ0n) is 14.3. The number of fused-ring (bicyclic) bond motifs is 1. The molecule has 25 heavy (non-hydrogen) atoms. The Hall–Kier alpha value is -2.90. The van der Waals surface area contributed by atoms with Crippen LogP contribution in [0, 0.1) is 0 Å². The lowest BCUT2D eigenvalue weighted by atomic mass is 10.1. The Bertz CT molecular complexity index is 672. The highest BCUT2D eigenvalue weighted by Gasteiger charge is 2.36. The number of alkyl carbamates (subject to hydrolysis) is 1. The van der Waals surface area contributed by atoms with E-state index >= 15 is 0 Å². The molecular weight excluding hydrogens is 328 g/mol. The van der Waals surface area contributed by atoms with Gasteiger partial charge in [-0.2, -0.15) is 0 Å². The Kier molecular flexibility index (Phi) is 5.41. The Labute approximate surface area is 145 Å². The zero-order chi connectivity index (χ0) is 18.6. The van der Waals surface area contributed by atoms with Crippen LogP contribution < -0.4 is 5.32 Å². The molecule has 8 nitrogen and oxygen atoms in total. The number of hydrogen-bond donors (Lipinski definition) is 1. The van der Waals surface area contributed by atoms with Crippen LogP contribution in [0.25, 0.3) is 0 Å². The van der Waals surface area contributed by atoms with E-state index in [-0.39, 0.29) is 24.3 Å². The summed E-state index contributed by atoms with van der Waals surface area (Å²) in [6, 6.07) is 6.36. The van der Waals surface area contributed by atoms with Crippen molar-refractivity contribution in [2.75, 3.05) is 19.7 Å². The van der Waals surface area contributed by atoms with Gasteiger partial charge in [-0.3, -0.25) is 19.3 Å². The largest absolute Gasteiger partial charge is 0.462 e. The van der Waals surface area contributed by atoms with Crippen LogP contribution in [0.2, 0.25) is 0 Å². The summed E-state index contributed by atoms with van der Waals surface area (Å²) in [5.74, 6) is -1.78. The first-order valence-electron chi connectivity index (χ1n) is 7.77. The van der Waals surface area contributed by atoms with Gasteiger partial charge in [-0.15, -0.1) is 0 Å². The molecule has 0 spiro atoms. The van der Waals surface area contributed by atoms with Gasteiger partial charge >= 0.3 is 12.1 Å². The second-order valence-electron chi connectivity index (χ2n) is 6.39. The van der Waals surface area contributed by atoms with Gasteiger partial charge in [-0.1, -0.05) is 12.1 Å². The van der Waals surface area contributed by atoms with Crippen LogP contribution in [0.15, 0.2) is 24.3 Å². The maximum absolute atomic E-state index is 12.1. The molecular formula is C17H20N2O6. The number of hydrogen-bond acceptors (Lipinski definition) is 6. The molecule has 0 saturated heterocycles. The summed E-state index contributed by atoms with van der Waals surface area (Å²) in [6.07, 6.45) is -0.621. The fraction of sp³-hybridized carbons (Fsp3) is 0.412.